The Morgan fingerprint density at radius 2 is 1.84 bits per heavy atom. The number of hydrogen-bond donors (Lipinski definition) is 1. The van der Waals surface area contributed by atoms with Crippen molar-refractivity contribution >= 4 is 11.8 Å². The van der Waals surface area contributed by atoms with E-state index >= 15 is 0 Å². The predicted molar refractivity (Wildman–Crippen MR) is 74.7 cm³/mol. The van der Waals surface area contributed by atoms with Gasteiger partial charge in [-0.1, -0.05) is 33.1 Å². The Bertz CT molecular complexity index is 374. The first-order valence-electron chi connectivity index (χ1n) is 7.65. The molecule has 1 saturated carbocycles. The summed E-state index contributed by atoms with van der Waals surface area (Å²) in [7, 11) is 0. The minimum absolute atomic E-state index is 0.0348. The van der Waals surface area contributed by atoms with Crippen LogP contribution < -0.4 is 5.32 Å². The van der Waals surface area contributed by atoms with E-state index in [1.165, 1.54) is 0 Å². The molecule has 108 valence electrons. The molecule has 0 aromatic heterocycles. The second-order valence-electron chi connectivity index (χ2n) is 6.18. The highest BCUT2D eigenvalue weighted by Gasteiger charge is 2.56. The van der Waals surface area contributed by atoms with E-state index in [2.05, 4.69) is 12.2 Å². The first kappa shape index (κ1) is 14.4. The van der Waals surface area contributed by atoms with E-state index in [0.717, 1.165) is 38.5 Å². The van der Waals surface area contributed by atoms with E-state index in [9.17, 15) is 9.59 Å². The van der Waals surface area contributed by atoms with Gasteiger partial charge in [0.1, 0.15) is 11.1 Å². The van der Waals surface area contributed by atoms with Crippen molar-refractivity contribution in [2.24, 2.45) is 0 Å². The zero-order valence-corrected chi connectivity index (χ0v) is 12.4. The third-order valence-electron chi connectivity index (χ3n) is 4.97. The Morgan fingerprint density at radius 3 is 2.37 bits per heavy atom. The van der Waals surface area contributed by atoms with Crippen molar-refractivity contribution in [2.75, 3.05) is 6.54 Å². The van der Waals surface area contributed by atoms with E-state index in [4.69, 9.17) is 0 Å². The quantitative estimate of drug-likeness (QED) is 0.848. The van der Waals surface area contributed by atoms with Gasteiger partial charge < -0.3 is 10.2 Å². The van der Waals surface area contributed by atoms with Crippen LogP contribution in [-0.4, -0.2) is 34.3 Å². The van der Waals surface area contributed by atoms with Gasteiger partial charge in [0, 0.05) is 6.54 Å². The van der Waals surface area contributed by atoms with E-state index < -0.39 is 11.1 Å². The summed E-state index contributed by atoms with van der Waals surface area (Å²) in [4.78, 5) is 27.3. The number of nitrogens with zero attached hydrogens (tertiary/aromatic N) is 1. The van der Waals surface area contributed by atoms with Crippen molar-refractivity contribution in [3.8, 4) is 0 Å². The lowest BCUT2D eigenvalue weighted by atomic mass is 9.83. The maximum atomic E-state index is 12.9. The molecule has 2 fully saturated rings. The molecule has 2 amide bonds. The Labute approximate surface area is 115 Å². The molecule has 1 unspecified atom stereocenters. The fourth-order valence-electron chi connectivity index (χ4n) is 3.34. The lowest BCUT2D eigenvalue weighted by Crippen LogP contribution is -2.74. The lowest BCUT2D eigenvalue weighted by molar-refractivity contribution is -0.162. The standard InChI is InChI=1S/C15H26N2O2/c1-4-6-11-17-13(19)15(9-7-8-10-15)16-12(18)14(17,3)5-2/h4-11H2,1-3H3,(H,16,18). The average Bonchev–Trinajstić information content (AvgIpc) is 2.86. The van der Waals surface area contributed by atoms with Crippen LogP contribution in [0.3, 0.4) is 0 Å². The molecule has 19 heavy (non-hydrogen) atoms. The summed E-state index contributed by atoms with van der Waals surface area (Å²) < 4.78 is 0. The fourth-order valence-corrected chi connectivity index (χ4v) is 3.34. The lowest BCUT2D eigenvalue weighted by Gasteiger charge is -2.50. The number of amides is 2. The molecule has 1 saturated heterocycles. The predicted octanol–water partition coefficient (Wildman–Crippen LogP) is 2.23. The van der Waals surface area contributed by atoms with E-state index in [0.29, 0.717) is 13.0 Å². The minimum Gasteiger partial charge on any atom is -0.340 e. The Balaban J connectivity index is 2.31. The number of piperazine rings is 1. The number of rotatable bonds is 4. The van der Waals surface area contributed by atoms with Crippen LogP contribution in [0.5, 0.6) is 0 Å². The summed E-state index contributed by atoms with van der Waals surface area (Å²) >= 11 is 0. The zero-order valence-electron chi connectivity index (χ0n) is 12.4. The molecule has 1 spiro atoms. The molecule has 1 aliphatic heterocycles. The molecule has 0 aromatic rings. The zero-order chi connectivity index (χ0) is 14.1. The summed E-state index contributed by atoms with van der Waals surface area (Å²) in [5.41, 5.74) is -1.25. The number of unbranched alkanes of at least 4 members (excludes halogenated alkanes) is 1. The number of hydrogen-bond acceptors (Lipinski definition) is 2. The normalized spacial score (nSPS) is 29.9. The van der Waals surface area contributed by atoms with E-state index in [1.807, 2.05) is 18.7 Å². The summed E-state index contributed by atoms with van der Waals surface area (Å²) in [5, 5.41) is 3.06. The molecule has 1 aliphatic carbocycles. The molecule has 2 rings (SSSR count). The topological polar surface area (TPSA) is 49.4 Å². The first-order valence-corrected chi connectivity index (χ1v) is 7.65. The number of carbonyl (C=O) groups is 2. The molecular weight excluding hydrogens is 240 g/mol. The SMILES string of the molecule is CCCCN1C(=O)C2(CCCC2)NC(=O)C1(C)CC. The Hall–Kier alpha value is -1.06. The van der Waals surface area contributed by atoms with Gasteiger partial charge in [-0.15, -0.1) is 0 Å². The van der Waals surface area contributed by atoms with Crippen LogP contribution in [0.2, 0.25) is 0 Å². The summed E-state index contributed by atoms with van der Waals surface area (Å²) in [6.07, 6.45) is 6.36. The van der Waals surface area contributed by atoms with Gasteiger partial charge in [-0.25, -0.2) is 0 Å². The molecule has 4 nitrogen and oxygen atoms in total. The Kier molecular flexibility index (Phi) is 3.88. The number of nitrogens with one attached hydrogen (secondary N) is 1. The fraction of sp³-hybridized carbons (Fsp3) is 0.867. The summed E-state index contributed by atoms with van der Waals surface area (Å²) in [5.74, 6) is 0.190. The Morgan fingerprint density at radius 1 is 1.21 bits per heavy atom. The van der Waals surface area contributed by atoms with Crippen molar-refractivity contribution in [3.63, 3.8) is 0 Å². The van der Waals surface area contributed by atoms with Crippen LogP contribution in [0.15, 0.2) is 0 Å². The minimum atomic E-state index is -0.667. The van der Waals surface area contributed by atoms with Crippen molar-refractivity contribution < 1.29 is 9.59 Å². The van der Waals surface area contributed by atoms with Gasteiger partial charge in [-0.05, 0) is 32.6 Å². The molecule has 2 aliphatic rings. The van der Waals surface area contributed by atoms with Crippen molar-refractivity contribution in [1.82, 2.24) is 10.2 Å². The molecular formula is C15H26N2O2. The van der Waals surface area contributed by atoms with Crippen molar-refractivity contribution in [1.29, 1.82) is 0 Å². The second kappa shape index (κ2) is 5.14. The van der Waals surface area contributed by atoms with Crippen LogP contribution in [0.4, 0.5) is 0 Å². The maximum Gasteiger partial charge on any atom is 0.249 e. The smallest absolute Gasteiger partial charge is 0.249 e. The van der Waals surface area contributed by atoms with Gasteiger partial charge >= 0.3 is 0 Å². The van der Waals surface area contributed by atoms with Gasteiger partial charge in [0.15, 0.2) is 0 Å². The third-order valence-corrected chi connectivity index (χ3v) is 4.97. The second-order valence-corrected chi connectivity index (χ2v) is 6.18. The highest BCUT2D eigenvalue weighted by molar-refractivity contribution is 6.02. The van der Waals surface area contributed by atoms with Crippen LogP contribution in [0.25, 0.3) is 0 Å². The highest BCUT2D eigenvalue weighted by atomic mass is 16.2. The molecule has 1 N–H and O–H groups in total. The third kappa shape index (κ3) is 2.15. The molecule has 0 bridgehead atoms. The van der Waals surface area contributed by atoms with E-state index in [1.54, 1.807) is 0 Å². The monoisotopic (exact) mass is 266 g/mol. The molecule has 4 heteroatoms. The summed E-state index contributed by atoms with van der Waals surface area (Å²) in [6.45, 7) is 6.70. The highest BCUT2D eigenvalue weighted by Crippen LogP contribution is 2.38. The maximum absolute atomic E-state index is 12.9. The van der Waals surface area contributed by atoms with Gasteiger partial charge in [0.2, 0.25) is 11.8 Å². The van der Waals surface area contributed by atoms with E-state index in [-0.39, 0.29) is 11.8 Å². The van der Waals surface area contributed by atoms with Crippen LogP contribution >= 0.6 is 0 Å². The number of carbonyl (C=O) groups excluding carboxylic acids is 2. The summed E-state index contributed by atoms with van der Waals surface area (Å²) in [6, 6.07) is 0. The van der Waals surface area contributed by atoms with Crippen LogP contribution in [-0.2, 0) is 9.59 Å². The van der Waals surface area contributed by atoms with Gasteiger partial charge in [0.05, 0.1) is 0 Å². The van der Waals surface area contributed by atoms with Crippen molar-refractivity contribution in [2.45, 2.75) is 76.8 Å². The van der Waals surface area contributed by atoms with Gasteiger partial charge in [-0.3, -0.25) is 9.59 Å². The first-order chi connectivity index (χ1) is 9.00. The molecule has 1 atom stereocenters. The largest absolute Gasteiger partial charge is 0.340 e. The molecule has 0 radical (unpaired) electrons. The van der Waals surface area contributed by atoms with Gasteiger partial charge in [0.25, 0.3) is 0 Å². The molecule has 1 heterocycles. The average molecular weight is 266 g/mol. The van der Waals surface area contributed by atoms with Crippen LogP contribution in [0, 0.1) is 0 Å². The van der Waals surface area contributed by atoms with Crippen LogP contribution in [0.1, 0.15) is 65.7 Å². The molecule has 0 aromatic carbocycles. The van der Waals surface area contributed by atoms with Crippen molar-refractivity contribution in [3.05, 3.63) is 0 Å². The van der Waals surface area contributed by atoms with Gasteiger partial charge in [-0.2, -0.15) is 0 Å².